The zero-order chi connectivity index (χ0) is 13.0. The first-order chi connectivity index (χ1) is 8.72. The normalized spacial score (nSPS) is 10.1. The van der Waals surface area contributed by atoms with Gasteiger partial charge in [0.2, 0.25) is 0 Å². The van der Waals surface area contributed by atoms with Gasteiger partial charge in [-0.2, -0.15) is 0 Å². The van der Waals surface area contributed by atoms with Crippen LogP contribution < -0.4 is 5.56 Å². The van der Waals surface area contributed by atoms with Crippen LogP contribution in [0, 0.1) is 0 Å². The minimum Gasteiger partial charge on any atom is -0.468 e. The standard InChI is InChI=1S/C13H12N2O3/c1-18-12(16)8-15-9-14-7-11(13(15)17)10-5-3-2-4-6-10/h2-7,9H,8H2,1H3. The average molecular weight is 244 g/mol. The minimum absolute atomic E-state index is 0.136. The molecule has 1 aromatic carbocycles. The lowest BCUT2D eigenvalue weighted by atomic mass is 10.1. The molecule has 5 heteroatoms. The molecule has 0 N–H and O–H groups in total. The summed E-state index contributed by atoms with van der Waals surface area (Å²) in [4.78, 5) is 27.3. The largest absolute Gasteiger partial charge is 0.468 e. The van der Waals surface area contributed by atoms with E-state index in [-0.39, 0.29) is 12.1 Å². The van der Waals surface area contributed by atoms with E-state index in [4.69, 9.17) is 0 Å². The van der Waals surface area contributed by atoms with E-state index in [1.54, 1.807) is 0 Å². The zero-order valence-corrected chi connectivity index (χ0v) is 9.87. The van der Waals surface area contributed by atoms with Crippen LogP contribution in [-0.2, 0) is 16.1 Å². The molecule has 2 aromatic rings. The summed E-state index contributed by atoms with van der Waals surface area (Å²) in [6.45, 7) is -0.136. The first kappa shape index (κ1) is 12.0. The first-order valence-electron chi connectivity index (χ1n) is 5.39. The molecular weight excluding hydrogens is 232 g/mol. The Labute approximate surface area is 104 Å². The summed E-state index contributed by atoms with van der Waals surface area (Å²) >= 11 is 0. The summed E-state index contributed by atoms with van der Waals surface area (Å²) < 4.78 is 5.76. The van der Waals surface area contributed by atoms with E-state index in [2.05, 4.69) is 9.72 Å². The van der Waals surface area contributed by atoms with Crippen molar-refractivity contribution in [3.63, 3.8) is 0 Å². The van der Waals surface area contributed by atoms with Crippen LogP contribution in [-0.4, -0.2) is 22.6 Å². The highest BCUT2D eigenvalue weighted by Crippen LogP contribution is 2.12. The lowest BCUT2D eigenvalue weighted by Crippen LogP contribution is -2.26. The van der Waals surface area contributed by atoms with Gasteiger partial charge in [-0.05, 0) is 5.56 Å². The van der Waals surface area contributed by atoms with Crippen LogP contribution in [0.2, 0.25) is 0 Å². The Hall–Kier alpha value is -2.43. The van der Waals surface area contributed by atoms with E-state index in [0.29, 0.717) is 5.56 Å². The number of ether oxygens (including phenoxy) is 1. The number of carbonyl (C=O) groups is 1. The van der Waals surface area contributed by atoms with Crippen molar-refractivity contribution < 1.29 is 9.53 Å². The quantitative estimate of drug-likeness (QED) is 0.758. The van der Waals surface area contributed by atoms with Gasteiger partial charge in [0.05, 0.1) is 19.0 Å². The smallest absolute Gasteiger partial charge is 0.325 e. The van der Waals surface area contributed by atoms with Crippen LogP contribution in [0.3, 0.4) is 0 Å². The molecule has 0 atom stereocenters. The van der Waals surface area contributed by atoms with E-state index in [1.807, 2.05) is 30.3 Å². The van der Waals surface area contributed by atoms with Crippen LogP contribution in [0.4, 0.5) is 0 Å². The SMILES string of the molecule is COC(=O)Cn1cncc(-c2ccccc2)c1=O. The topological polar surface area (TPSA) is 61.2 Å². The van der Waals surface area contributed by atoms with Gasteiger partial charge in [0, 0.05) is 6.20 Å². The predicted octanol–water partition coefficient (Wildman–Crippen LogP) is 1.08. The summed E-state index contributed by atoms with van der Waals surface area (Å²) in [5, 5.41) is 0. The van der Waals surface area contributed by atoms with Gasteiger partial charge in [-0.1, -0.05) is 30.3 Å². The fourth-order valence-electron chi connectivity index (χ4n) is 1.58. The fourth-order valence-corrected chi connectivity index (χ4v) is 1.58. The molecule has 0 bridgehead atoms. The summed E-state index contributed by atoms with van der Waals surface area (Å²) in [6.07, 6.45) is 2.82. The van der Waals surface area contributed by atoms with Gasteiger partial charge in [-0.25, -0.2) is 4.98 Å². The summed E-state index contributed by atoms with van der Waals surface area (Å²) in [7, 11) is 1.28. The molecule has 0 radical (unpaired) electrons. The van der Waals surface area contributed by atoms with Gasteiger partial charge in [-0.3, -0.25) is 14.2 Å². The van der Waals surface area contributed by atoms with Crippen molar-refractivity contribution >= 4 is 5.97 Å². The van der Waals surface area contributed by atoms with Crippen LogP contribution in [0.25, 0.3) is 11.1 Å². The molecule has 18 heavy (non-hydrogen) atoms. The fraction of sp³-hybridized carbons (Fsp3) is 0.154. The van der Waals surface area contributed by atoms with Gasteiger partial charge in [0.25, 0.3) is 5.56 Å². The van der Waals surface area contributed by atoms with Crippen molar-refractivity contribution in [2.24, 2.45) is 0 Å². The second kappa shape index (κ2) is 5.27. The molecule has 0 fully saturated rings. The maximum Gasteiger partial charge on any atom is 0.325 e. The summed E-state index contributed by atoms with van der Waals surface area (Å²) in [5.41, 5.74) is 0.970. The second-order valence-electron chi connectivity index (χ2n) is 3.68. The molecule has 0 amide bonds. The molecule has 0 saturated carbocycles. The first-order valence-corrected chi connectivity index (χ1v) is 5.39. The van der Waals surface area contributed by atoms with Gasteiger partial charge >= 0.3 is 5.97 Å². The third-order valence-electron chi connectivity index (χ3n) is 2.51. The van der Waals surface area contributed by atoms with Crippen LogP contribution in [0.15, 0.2) is 47.7 Å². The Kier molecular flexibility index (Phi) is 3.52. The second-order valence-corrected chi connectivity index (χ2v) is 3.68. The van der Waals surface area contributed by atoms with E-state index in [9.17, 15) is 9.59 Å². The summed E-state index contributed by atoms with van der Waals surface area (Å²) in [5.74, 6) is -0.482. The van der Waals surface area contributed by atoms with Crippen molar-refractivity contribution in [3.8, 4) is 11.1 Å². The molecule has 0 aliphatic carbocycles. The molecule has 0 saturated heterocycles. The van der Waals surface area contributed by atoms with Crippen LogP contribution in [0.5, 0.6) is 0 Å². The number of nitrogens with zero attached hydrogens (tertiary/aromatic N) is 2. The third-order valence-corrected chi connectivity index (χ3v) is 2.51. The molecule has 1 heterocycles. The van der Waals surface area contributed by atoms with E-state index in [1.165, 1.54) is 24.2 Å². The molecule has 5 nitrogen and oxygen atoms in total. The Morgan fingerprint density at radius 2 is 2.06 bits per heavy atom. The van der Waals surface area contributed by atoms with Gasteiger partial charge in [-0.15, -0.1) is 0 Å². The number of aromatic nitrogens is 2. The molecule has 1 aromatic heterocycles. The highest BCUT2D eigenvalue weighted by molar-refractivity contribution is 5.69. The summed E-state index contributed by atoms with van der Waals surface area (Å²) in [6, 6.07) is 9.19. The lowest BCUT2D eigenvalue weighted by Gasteiger charge is -2.06. The van der Waals surface area contributed by atoms with Gasteiger partial charge < -0.3 is 4.74 Å². The van der Waals surface area contributed by atoms with Crippen molar-refractivity contribution in [2.45, 2.75) is 6.54 Å². The third kappa shape index (κ3) is 2.45. The highest BCUT2D eigenvalue weighted by atomic mass is 16.5. The molecule has 92 valence electrons. The van der Waals surface area contributed by atoms with E-state index >= 15 is 0 Å². The Morgan fingerprint density at radius 3 is 2.72 bits per heavy atom. The number of hydrogen-bond donors (Lipinski definition) is 0. The molecule has 0 unspecified atom stereocenters. The number of carbonyl (C=O) groups excluding carboxylic acids is 1. The average Bonchev–Trinajstić information content (AvgIpc) is 2.42. The Bertz CT molecular complexity index is 605. The number of rotatable bonds is 3. The molecule has 0 spiro atoms. The number of methoxy groups -OCH3 is 1. The zero-order valence-electron chi connectivity index (χ0n) is 9.87. The van der Waals surface area contributed by atoms with E-state index < -0.39 is 5.97 Å². The molecular formula is C13H12N2O3. The predicted molar refractivity (Wildman–Crippen MR) is 65.9 cm³/mol. The molecule has 0 aliphatic rings. The van der Waals surface area contributed by atoms with Crippen LogP contribution in [0.1, 0.15) is 0 Å². The van der Waals surface area contributed by atoms with E-state index in [0.717, 1.165) is 5.56 Å². The van der Waals surface area contributed by atoms with Crippen LogP contribution >= 0.6 is 0 Å². The van der Waals surface area contributed by atoms with Gasteiger partial charge in [0.15, 0.2) is 0 Å². The van der Waals surface area contributed by atoms with Crippen molar-refractivity contribution in [2.75, 3.05) is 7.11 Å². The Balaban J connectivity index is 2.43. The van der Waals surface area contributed by atoms with Gasteiger partial charge in [0.1, 0.15) is 6.54 Å². The number of benzene rings is 1. The van der Waals surface area contributed by atoms with Crippen molar-refractivity contribution in [3.05, 3.63) is 53.2 Å². The minimum atomic E-state index is -0.482. The maximum absolute atomic E-state index is 12.1. The monoisotopic (exact) mass is 244 g/mol. The molecule has 0 aliphatic heterocycles. The Morgan fingerprint density at radius 1 is 1.33 bits per heavy atom. The lowest BCUT2D eigenvalue weighted by molar-refractivity contribution is -0.141. The maximum atomic E-state index is 12.1. The van der Waals surface area contributed by atoms with Crippen molar-refractivity contribution in [1.82, 2.24) is 9.55 Å². The molecule has 2 rings (SSSR count). The van der Waals surface area contributed by atoms with Crippen molar-refractivity contribution in [1.29, 1.82) is 0 Å². The number of esters is 1. The number of hydrogen-bond acceptors (Lipinski definition) is 4. The highest BCUT2D eigenvalue weighted by Gasteiger charge is 2.09.